The summed E-state index contributed by atoms with van der Waals surface area (Å²) in [6.07, 6.45) is 22.0. The van der Waals surface area contributed by atoms with Gasteiger partial charge in [-0.25, -0.2) is 0 Å². The van der Waals surface area contributed by atoms with Crippen molar-refractivity contribution >= 4 is 0 Å². The zero-order valence-electron chi connectivity index (χ0n) is 9.64. The van der Waals surface area contributed by atoms with Gasteiger partial charge in [0.15, 0.2) is 0 Å². The first-order chi connectivity index (χ1) is 7.00. The molecule has 1 aliphatic rings. The Morgan fingerprint density at radius 3 is 1.00 bits per heavy atom. The molecule has 0 aromatic rings. The molecular weight excluding hydrogens is 168 g/mol. The molecule has 0 saturated heterocycles. The normalized spacial score (nSPS) is 22.9. The van der Waals surface area contributed by atoms with Crippen molar-refractivity contribution < 1.29 is 0 Å². The smallest absolute Gasteiger partial charge is 0.0351 e. The molecule has 0 aliphatic heterocycles. The molecule has 0 aromatic carbocycles. The molecule has 0 spiro atoms. The van der Waals surface area contributed by atoms with E-state index < -0.39 is 0 Å². The third kappa shape index (κ3) is 7.17. The van der Waals surface area contributed by atoms with Gasteiger partial charge in [-0.3, -0.25) is 0 Å². The number of hydrogen-bond donors (Lipinski definition) is 0. The van der Waals surface area contributed by atoms with Gasteiger partial charge in [-0.15, -0.1) is 0 Å². The van der Waals surface area contributed by atoms with E-state index in [2.05, 4.69) is 12.2 Å². The van der Waals surface area contributed by atoms with Gasteiger partial charge in [0, 0.05) is 0 Å². The summed E-state index contributed by atoms with van der Waals surface area (Å²) in [6.45, 7) is 0. The maximum atomic E-state index is 2.39. The van der Waals surface area contributed by atoms with E-state index in [-0.39, 0.29) is 0 Å². The topological polar surface area (TPSA) is 0 Å². The Morgan fingerprint density at radius 2 is 0.643 bits per heavy atom. The van der Waals surface area contributed by atoms with Gasteiger partial charge in [0.2, 0.25) is 0 Å². The summed E-state index contributed by atoms with van der Waals surface area (Å²) in [5, 5.41) is 0. The largest absolute Gasteiger partial charge is 0.0885 e. The van der Waals surface area contributed by atoms with Crippen molar-refractivity contribution in [1.82, 2.24) is 0 Å². The van der Waals surface area contributed by atoms with Crippen molar-refractivity contribution in [2.45, 2.75) is 77.0 Å². The van der Waals surface area contributed by atoms with E-state index >= 15 is 0 Å². The van der Waals surface area contributed by atoms with Crippen LogP contribution in [0.3, 0.4) is 0 Å². The van der Waals surface area contributed by atoms with Crippen molar-refractivity contribution in [3.63, 3.8) is 0 Å². The van der Waals surface area contributed by atoms with E-state index in [1.165, 1.54) is 77.0 Å². The van der Waals surface area contributed by atoms with Crippen molar-refractivity contribution in [2.75, 3.05) is 0 Å². The molecule has 14 heavy (non-hydrogen) atoms. The minimum absolute atomic E-state index is 1.32. The van der Waals surface area contributed by atoms with Gasteiger partial charge in [0.1, 0.15) is 0 Å². The highest BCUT2D eigenvalue weighted by Gasteiger charge is 1.93. The van der Waals surface area contributed by atoms with Crippen LogP contribution in [0.5, 0.6) is 0 Å². The third-order valence-electron chi connectivity index (χ3n) is 3.16. The first-order valence-corrected chi connectivity index (χ1v) is 6.65. The van der Waals surface area contributed by atoms with Crippen LogP contribution in [0.4, 0.5) is 0 Å². The maximum absolute atomic E-state index is 2.39. The van der Waals surface area contributed by atoms with Crippen molar-refractivity contribution in [3.8, 4) is 0 Å². The van der Waals surface area contributed by atoms with Crippen LogP contribution in [-0.2, 0) is 0 Å². The second kappa shape index (κ2) is 9.30. The Kier molecular flexibility index (Phi) is 7.85. The molecule has 0 heterocycles. The average molecular weight is 194 g/mol. The van der Waals surface area contributed by atoms with Gasteiger partial charge < -0.3 is 0 Å². The molecule has 0 radical (unpaired) electrons. The SMILES string of the molecule is C1=CCCCCCCCCCCCC1. The van der Waals surface area contributed by atoms with E-state index in [1.807, 2.05) is 0 Å². The van der Waals surface area contributed by atoms with Crippen LogP contribution >= 0.6 is 0 Å². The summed E-state index contributed by atoms with van der Waals surface area (Å²) < 4.78 is 0. The molecule has 0 unspecified atom stereocenters. The molecule has 0 saturated carbocycles. The minimum Gasteiger partial charge on any atom is -0.0885 e. The fraction of sp³-hybridized carbons (Fsp3) is 0.857. The van der Waals surface area contributed by atoms with Gasteiger partial charge in [0.05, 0.1) is 0 Å². The summed E-state index contributed by atoms with van der Waals surface area (Å²) in [7, 11) is 0. The van der Waals surface area contributed by atoms with E-state index in [1.54, 1.807) is 0 Å². The summed E-state index contributed by atoms with van der Waals surface area (Å²) in [5.41, 5.74) is 0. The molecule has 1 aliphatic carbocycles. The summed E-state index contributed by atoms with van der Waals surface area (Å²) in [6, 6.07) is 0. The lowest BCUT2D eigenvalue weighted by molar-refractivity contribution is 0.550. The summed E-state index contributed by atoms with van der Waals surface area (Å²) in [4.78, 5) is 0. The zero-order valence-corrected chi connectivity index (χ0v) is 9.64. The number of allylic oxidation sites excluding steroid dienone is 2. The molecule has 0 N–H and O–H groups in total. The molecule has 82 valence electrons. The molecule has 0 heteroatoms. The van der Waals surface area contributed by atoms with Crippen LogP contribution in [0.15, 0.2) is 12.2 Å². The van der Waals surface area contributed by atoms with Gasteiger partial charge >= 0.3 is 0 Å². The molecular formula is C14H26. The fourth-order valence-electron chi connectivity index (χ4n) is 2.17. The van der Waals surface area contributed by atoms with Crippen LogP contribution in [-0.4, -0.2) is 0 Å². The highest BCUT2D eigenvalue weighted by Crippen LogP contribution is 2.13. The van der Waals surface area contributed by atoms with Gasteiger partial charge in [-0.05, 0) is 25.7 Å². The van der Waals surface area contributed by atoms with Crippen LogP contribution in [0, 0.1) is 0 Å². The molecule has 0 aromatic heterocycles. The van der Waals surface area contributed by atoms with Crippen LogP contribution in [0.1, 0.15) is 77.0 Å². The van der Waals surface area contributed by atoms with Gasteiger partial charge in [-0.1, -0.05) is 63.5 Å². The highest BCUT2D eigenvalue weighted by atomic mass is 14.0. The maximum Gasteiger partial charge on any atom is -0.0351 e. The average Bonchev–Trinajstić information content (AvgIpc) is 2.22. The molecule has 0 fully saturated rings. The van der Waals surface area contributed by atoms with Gasteiger partial charge in [0.25, 0.3) is 0 Å². The third-order valence-corrected chi connectivity index (χ3v) is 3.16. The molecule has 0 nitrogen and oxygen atoms in total. The molecule has 1 rings (SSSR count). The fourth-order valence-corrected chi connectivity index (χ4v) is 2.17. The molecule has 0 atom stereocenters. The second-order valence-corrected chi connectivity index (χ2v) is 4.58. The van der Waals surface area contributed by atoms with E-state index in [0.717, 1.165) is 0 Å². The first-order valence-electron chi connectivity index (χ1n) is 6.65. The zero-order chi connectivity index (χ0) is 9.90. The number of rotatable bonds is 0. The van der Waals surface area contributed by atoms with E-state index in [4.69, 9.17) is 0 Å². The van der Waals surface area contributed by atoms with Gasteiger partial charge in [-0.2, -0.15) is 0 Å². The summed E-state index contributed by atoms with van der Waals surface area (Å²) in [5.74, 6) is 0. The Balaban J connectivity index is 2.09. The monoisotopic (exact) mass is 194 g/mol. The first kappa shape index (κ1) is 11.8. The lowest BCUT2D eigenvalue weighted by Gasteiger charge is -2.03. The Hall–Kier alpha value is -0.260. The second-order valence-electron chi connectivity index (χ2n) is 4.58. The lowest BCUT2D eigenvalue weighted by Crippen LogP contribution is -1.83. The van der Waals surface area contributed by atoms with Crippen LogP contribution in [0.2, 0.25) is 0 Å². The molecule has 0 bridgehead atoms. The Morgan fingerprint density at radius 1 is 0.357 bits per heavy atom. The molecule has 0 amide bonds. The number of hydrogen-bond acceptors (Lipinski definition) is 0. The van der Waals surface area contributed by atoms with Crippen molar-refractivity contribution in [2.24, 2.45) is 0 Å². The van der Waals surface area contributed by atoms with Crippen molar-refractivity contribution in [1.29, 1.82) is 0 Å². The van der Waals surface area contributed by atoms with E-state index in [0.29, 0.717) is 0 Å². The van der Waals surface area contributed by atoms with Crippen molar-refractivity contribution in [3.05, 3.63) is 12.2 Å². The standard InChI is InChI=1S/C14H26/c1-2-4-6-8-10-12-14-13-11-9-7-5-3-1/h1-2H,3-14H2. The minimum atomic E-state index is 1.32. The van der Waals surface area contributed by atoms with E-state index in [9.17, 15) is 0 Å². The predicted molar refractivity (Wildman–Crippen MR) is 64.5 cm³/mol. The Bertz CT molecular complexity index is 119. The highest BCUT2D eigenvalue weighted by molar-refractivity contribution is 4.81. The van der Waals surface area contributed by atoms with Crippen LogP contribution in [0.25, 0.3) is 0 Å². The predicted octanol–water partition coefficient (Wildman–Crippen LogP) is 5.24. The summed E-state index contributed by atoms with van der Waals surface area (Å²) >= 11 is 0. The lowest BCUT2D eigenvalue weighted by atomic mass is 10.0. The Labute approximate surface area is 89.8 Å². The van der Waals surface area contributed by atoms with Crippen LogP contribution < -0.4 is 0 Å². The quantitative estimate of drug-likeness (QED) is 0.463.